The first kappa shape index (κ1) is 13.8. The van der Waals surface area contributed by atoms with E-state index in [1.54, 1.807) is 11.8 Å². The van der Waals surface area contributed by atoms with Gasteiger partial charge < -0.3 is 5.11 Å². The molecule has 16 heavy (non-hydrogen) atoms. The minimum absolute atomic E-state index is 0.0155. The Kier molecular flexibility index (Phi) is 4.67. The monoisotopic (exact) mass is 266 g/mol. The highest BCUT2D eigenvalue weighted by Gasteiger charge is 2.43. The van der Waals surface area contributed by atoms with E-state index in [2.05, 4.69) is 0 Å². The molecule has 1 rings (SSSR count). The molecule has 1 aliphatic carbocycles. The average Bonchev–Trinajstić information content (AvgIpc) is 2.81. The second-order valence-electron chi connectivity index (χ2n) is 4.61. The van der Waals surface area contributed by atoms with Crippen LogP contribution in [0.15, 0.2) is 0 Å². The summed E-state index contributed by atoms with van der Waals surface area (Å²) in [4.78, 5) is 10.6. The summed E-state index contributed by atoms with van der Waals surface area (Å²) < 4.78 is 21.7. The Morgan fingerprint density at radius 1 is 1.44 bits per heavy atom. The zero-order valence-electron chi connectivity index (χ0n) is 9.44. The molecule has 1 N–H and O–H groups in total. The maximum absolute atomic E-state index is 10.9. The van der Waals surface area contributed by atoms with E-state index in [4.69, 9.17) is 5.11 Å². The maximum Gasteiger partial charge on any atom is 0.303 e. The van der Waals surface area contributed by atoms with Crippen LogP contribution in [-0.4, -0.2) is 43.0 Å². The van der Waals surface area contributed by atoms with Gasteiger partial charge in [-0.3, -0.25) is 4.79 Å². The Bertz CT molecular complexity index is 344. The van der Waals surface area contributed by atoms with Crippen molar-refractivity contribution >= 4 is 27.6 Å². The molecule has 0 saturated heterocycles. The van der Waals surface area contributed by atoms with Gasteiger partial charge in [0.2, 0.25) is 0 Å². The fourth-order valence-electron chi connectivity index (χ4n) is 1.58. The molecule has 1 aliphatic rings. The molecule has 0 bridgehead atoms. The van der Waals surface area contributed by atoms with Crippen LogP contribution >= 0.6 is 11.8 Å². The molecule has 0 heterocycles. The summed E-state index contributed by atoms with van der Waals surface area (Å²) in [6, 6.07) is 0. The lowest BCUT2D eigenvalue weighted by molar-refractivity contribution is -0.138. The van der Waals surface area contributed by atoms with Gasteiger partial charge in [-0.2, -0.15) is 11.8 Å². The van der Waals surface area contributed by atoms with E-state index in [1.165, 1.54) is 6.26 Å². The Morgan fingerprint density at radius 2 is 2.06 bits per heavy atom. The zero-order chi connectivity index (χ0) is 12.2. The number of carboxylic acid groups (broad SMARTS) is 1. The van der Waals surface area contributed by atoms with E-state index in [1.807, 2.05) is 0 Å². The van der Waals surface area contributed by atoms with Gasteiger partial charge >= 0.3 is 5.97 Å². The van der Waals surface area contributed by atoms with Crippen LogP contribution in [0.4, 0.5) is 0 Å². The quantitative estimate of drug-likeness (QED) is 0.673. The van der Waals surface area contributed by atoms with E-state index < -0.39 is 15.8 Å². The molecule has 1 fully saturated rings. The predicted molar refractivity (Wildman–Crippen MR) is 65.6 cm³/mol. The summed E-state index contributed by atoms with van der Waals surface area (Å²) in [7, 11) is -2.85. The summed E-state index contributed by atoms with van der Waals surface area (Å²) >= 11 is 1.68. The lowest BCUT2D eigenvalue weighted by Gasteiger charge is -2.11. The van der Waals surface area contributed by atoms with Gasteiger partial charge in [0.25, 0.3) is 0 Å². The minimum Gasteiger partial charge on any atom is -0.481 e. The van der Waals surface area contributed by atoms with Crippen LogP contribution in [0, 0.1) is 5.41 Å². The number of carboxylic acids is 1. The van der Waals surface area contributed by atoms with Crippen LogP contribution in [0.5, 0.6) is 0 Å². The van der Waals surface area contributed by atoms with Crippen molar-refractivity contribution in [1.82, 2.24) is 0 Å². The third-order valence-corrected chi connectivity index (χ3v) is 5.12. The first-order valence-electron chi connectivity index (χ1n) is 5.30. The van der Waals surface area contributed by atoms with Gasteiger partial charge in [-0.15, -0.1) is 0 Å². The van der Waals surface area contributed by atoms with Crippen LogP contribution in [0.2, 0.25) is 0 Å². The van der Waals surface area contributed by atoms with Crippen molar-refractivity contribution in [2.24, 2.45) is 5.41 Å². The van der Waals surface area contributed by atoms with E-state index >= 15 is 0 Å². The van der Waals surface area contributed by atoms with Gasteiger partial charge in [0.15, 0.2) is 0 Å². The number of hydrogen-bond donors (Lipinski definition) is 1. The molecule has 0 aromatic rings. The Labute approximate surface area is 101 Å². The molecule has 6 heteroatoms. The van der Waals surface area contributed by atoms with Crippen molar-refractivity contribution in [3.63, 3.8) is 0 Å². The Morgan fingerprint density at radius 3 is 2.50 bits per heavy atom. The second-order valence-corrected chi connectivity index (χ2v) is 7.97. The lowest BCUT2D eigenvalue weighted by atomic mass is 10.1. The first-order chi connectivity index (χ1) is 7.33. The molecule has 0 radical (unpaired) electrons. The molecule has 4 nitrogen and oxygen atoms in total. The Balaban J connectivity index is 2.10. The van der Waals surface area contributed by atoms with Crippen molar-refractivity contribution in [2.45, 2.75) is 25.7 Å². The van der Waals surface area contributed by atoms with Gasteiger partial charge in [0, 0.05) is 6.26 Å². The predicted octanol–water partition coefficient (Wildman–Crippen LogP) is 1.41. The lowest BCUT2D eigenvalue weighted by Crippen LogP contribution is -2.11. The molecule has 0 unspecified atom stereocenters. The molecule has 0 aromatic heterocycles. The topological polar surface area (TPSA) is 71.4 Å². The summed E-state index contributed by atoms with van der Waals surface area (Å²) in [5.41, 5.74) is 0.0155. The number of sulfone groups is 1. The van der Waals surface area contributed by atoms with Gasteiger partial charge in [-0.05, 0) is 36.2 Å². The number of carbonyl (C=O) groups is 1. The number of hydrogen-bond acceptors (Lipinski definition) is 4. The molecule has 0 atom stereocenters. The fraction of sp³-hybridized carbons (Fsp3) is 0.900. The van der Waals surface area contributed by atoms with E-state index in [-0.39, 0.29) is 17.6 Å². The number of aliphatic carboxylic acids is 1. The van der Waals surface area contributed by atoms with Crippen molar-refractivity contribution in [3.8, 4) is 0 Å². The van der Waals surface area contributed by atoms with Crippen molar-refractivity contribution < 1.29 is 18.3 Å². The molecule has 0 spiro atoms. The summed E-state index contributed by atoms with van der Waals surface area (Å²) in [5, 5.41) is 8.71. The van der Waals surface area contributed by atoms with Crippen LogP contribution < -0.4 is 0 Å². The van der Waals surface area contributed by atoms with Gasteiger partial charge in [-0.1, -0.05) is 0 Å². The molecule has 0 amide bonds. The van der Waals surface area contributed by atoms with Crippen molar-refractivity contribution in [1.29, 1.82) is 0 Å². The smallest absolute Gasteiger partial charge is 0.303 e. The van der Waals surface area contributed by atoms with Crippen LogP contribution in [-0.2, 0) is 14.6 Å². The van der Waals surface area contributed by atoms with Crippen LogP contribution in [0.1, 0.15) is 25.7 Å². The van der Waals surface area contributed by atoms with Gasteiger partial charge in [-0.25, -0.2) is 8.42 Å². The van der Waals surface area contributed by atoms with Crippen molar-refractivity contribution in [2.75, 3.05) is 23.5 Å². The molecule has 1 saturated carbocycles. The molecular weight excluding hydrogens is 248 g/mol. The zero-order valence-corrected chi connectivity index (χ0v) is 11.1. The first-order valence-corrected chi connectivity index (χ1v) is 8.52. The largest absolute Gasteiger partial charge is 0.481 e. The summed E-state index contributed by atoms with van der Waals surface area (Å²) in [6.45, 7) is 0. The van der Waals surface area contributed by atoms with Gasteiger partial charge in [0.1, 0.15) is 9.84 Å². The normalized spacial score (nSPS) is 18.3. The van der Waals surface area contributed by atoms with E-state index in [9.17, 15) is 13.2 Å². The highest BCUT2D eigenvalue weighted by Crippen LogP contribution is 2.51. The molecule has 0 aliphatic heterocycles. The SMILES string of the molecule is CS(=O)(=O)CCCSCC1(CC(=O)O)CC1. The molecular formula is C10H18O4S2. The van der Waals surface area contributed by atoms with E-state index in [0.29, 0.717) is 6.42 Å². The third kappa shape index (κ3) is 5.75. The highest BCUT2D eigenvalue weighted by atomic mass is 32.2. The molecule has 0 aromatic carbocycles. The number of thioether (sulfide) groups is 1. The standard InChI is InChI=1S/C10H18O4S2/c1-16(13,14)6-2-5-15-8-10(3-4-10)7-9(11)12/h2-8H2,1H3,(H,11,12). The number of rotatable bonds is 8. The summed E-state index contributed by atoms with van der Waals surface area (Å²) in [5.74, 6) is 1.15. The van der Waals surface area contributed by atoms with Crippen LogP contribution in [0.3, 0.4) is 0 Å². The summed E-state index contributed by atoms with van der Waals surface area (Å²) in [6.07, 6.45) is 4.15. The van der Waals surface area contributed by atoms with E-state index in [0.717, 1.165) is 24.3 Å². The Hall–Kier alpha value is -0.230. The maximum atomic E-state index is 10.9. The van der Waals surface area contributed by atoms with Crippen LogP contribution in [0.25, 0.3) is 0 Å². The molecule has 94 valence electrons. The van der Waals surface area contributed by atoms with Crippen molar-refractivity contribution in [3.05, 3.63) is 0 Å². The highest BCUT2D eigenvalue weighted by molar-refractivity contribution is 7.99. The minimum atomic E-state index is -2.85. The second kappa shape index (κ2) is 5.40. The fourth-order valence-corrected chi connectivity index (χ4v) is 3.75. The van der Waals surface area contributed by atoms with Gasteiger partial charge in [0.05, 0.1) is 12.2 Å². The third-order valence-electron chi connectivity index (χ3n) is 2.70. The average molecular weight is 266 g/mol.